The van der Waals surface area contributed by atoms with Crippen molar-refractivity contribution in [1.29, 1.82) is 0 Å². The largest absolute Gasteiger partial charge is 0.508 e. The number of nitrogens with two attached hydrogens (primary N) is 1. The van der Waals surface area contributed by atoms with Crippen LogP contribution in [0, 0.1) is 11.8 Å². The normalized spacial score (nSPS) is 25.7. The van der Waals surface area contributed by atoms with Crippen LogP contribution in [0.5, 0.6) is 11.5 Å². The number of phenols is 1. The molecule has 10 nitrogen and oxygen atoms in total. The third-order valence-corrected chi connectivity index (χ3v) is 7.21. The monoisotopic (exact) mass is 478 g/mol. The van der Waals surface area contributed by atoms with Gasteiger partial charge in [-0.25, -0.2) is 0 Å². The fraction of sp³-hybridized carbons (Fsp3) is 0.280. The Morgan fingerprint density at radius 2 is 1.91 bits per heavy atom. The first-order valence-electron chi connectivity index (χ1n) is 10.9. The minimum Gasteiger partial charge on any atom is -0.508 e. The maximum atomic E-state index is 13.5. The van der Waals surface area contributed by atoms with E-state index in [4.69, 9.17) is 10.5 Å². The van der Waals surface area contributed by atoms with Crippen LogP contribution in [-0.4, -0.2) is 55.6 Å². The number of ether oxygens (including phenoxy) is 1. The third kappa shape index (κ3) is 3.06. The molecule has 1 amide bonds. The highest BCUT2D eigenvalue weighted by atomic mass is 16.5. The van der Waals surface area contributed by atoms with Gasteiger partial charge in [0.1, 0.15) is 28.6 Å². The second kappa shape index (κ2) is 7.67. The van der Waals surface area contributed by atoms with Gasteiger partial charge in [-0.1, -0.05) is 6.07 Å². The van der Waals surface area contributed by atoms with Crippen LogP contribution in [0.25, 0.3) is 16.9 Å². The highest BCUT2D eigenvalue weighted by molar-refractivity contribution is 6.22. The summed E-state index contributed by atoms with van der Waals surface area (Å²) < 4.78 is 5.25. The molecule has 180 valence electrons. The summed E-state index contributed by atoms with van der Waals surface area (Å²) in [6.07, 6.45) is 3.04. The molecule has 0 radical (unpaired) electrons. The van der Waals surface area contributed by atoms with Crippen molar-refractivity contribution in [2.45, 2.75) is 24.9 Å². The minimum absolute atomic E-state index is 0.0254. The highest BCUT2D eigenvalue weighted by Gasteiger charge is 2.60. The van der Waals surface area contributed by atoms with E-state index in [0.717, 1.165) is 0 Å². The number of aliphatic hydroxyl groups excluding tert-OH is 2. The number of hydrogen-bond donors (Lipinski definition) is 5. The van der Waals surface area contributed by atoms with Crippen LogP contribution in [0.4, 0.5) is 0 Å². The van der Waals surface area contributed by atoms with Gasteiger partial charge in [0, 0.05) is 29.7 Å². The molecule has 1 aromatic carbocycles. The molecule has 0 spiro atoms. The van der Waals surface area contributed by atoms with E-state index in [1.54, 1.807) is 18.3 Å². The van der Waals surface area contributed by atoms with E-state index in [1.807, 2.05) is 0 Å². The number of hydrogen-bond acceptors (Lipinski definition) is 9. The van der Waals surface area contributed by atoms with Crippen molar-refractivity contribution in [3.63, 3.8) is 0 Å². The van der Waals surface area contributed by atoms with Crippen molar-refractivity contribution < 1.29 is 39.5 Å². The summed E-state index contributed by atoms with van der Waals surface area (Å²) in [6.45, 7) is 0. The van der Waals surface area contributed by atoms with Crippen molar-refractivity contribution >= 4 is 23.2 Å². The first kappa shape index (κ1) is 22.6. The van der Waals surface area contributed by atoms with E-state index in [1.165, 1.54) is 19.4 Å². The van der Waals surface area contributed by atoms with Gasteiger partial charge < -0.3 is 30.9 Å². The van der Waals surface area contributed by atoms with E-state index in [0.29, 0.717) is 22.4 Å². The van der Waals surface area contributed by atoms with Crippen LogP contribution in [-0.2, 0) is 20.8 Å². The number of amides is 1. The maximum Gasteiger partial charge on any atom is 0.255 e. The fourth-order valence-corrected chi connectivity index (χ4v) is 5.57. The number of carbonyl (C=O) groups is 3. The van der Waals surface area contributed by atoms with Crippen LogP contribution >= 0.6 is 0 Å². The average Bonchev–Trinajstić information content (AvgIpc) is 2.81. The first-order chi connectivity index (χ1) is 16.6. The van der Waals surface area contributed by atoms with Crippen LogP contribution in [0.3, 0.4) is 0 Å². The van der Waals surface area contributed by atoms with Crippen LogP contribution in [0.1, 0.15) is 24.0 Å². The Morgan fingerprint density at radius 1 is 1.17 bits per heavy atom. The number of Topliss-reactive ketones (excluding diaryl/α,β-unsaturated/α-hetero) is 2. The fourth-order valence-electron chi connectivity index (χ4n) is 5.57. The van der Waals surface area contributed by atoms with Crippen molar-refractivity contribution in [2.24, 2.45) is 17.6 Å². The van der Waals surface area contributed by atoms with Gasteiger partial charge in [0.2, 0.25) is 5.78 Å². The van der Waals surface area contributed by atoms with Gasteiger partial charge in [0.25, 0.3) is 5.91 Å². The molecule has 1 saturated carbocycles. The lowest BCUT2D eigenvalue weighted by Crippen LogP contribution is -2.58. The third-order valence-electron chi connectivity index (χ3n) is 7.21. The lowest BCUT2D eigenvalue weighted by atomic mass is 9.59. The van der Waals surface area contributed by atoms with Crippen LogP contribution in [0.15, 0.2) is 47.5 Å². The van der Waals surface area contributed by atoms with Crippen molar-refractivity contribution in [3.05, 3.63) is 58.6 Å². The smallest absolute Gasteiger partial charge is 0.255 e. The lowest BCUT2D eigenvalue weighted by molar-refractivity contribution is -0.147. The second-order valence-corrected chi connectivity index (χ2v) is 9.01. The number of primary amides is 1. The van der Waals surface area contributed by atoms with E-state index in [2.05, 4.69) is 4.98 Å². The number of phenolic OH excluding ortho intramolecular Hbond substituents is 1. The zero-order chi connectivity index (χ0) is 25.2. The Bertz CT molecular complexity index is 1390. The molecule has 6 N–H and O–H groups in total. The summed E-state index contributed by atoms with van der Waals surface area (Å²) in [4.78, 5) is 41.9. The van der Waals surface area contributed by atoms with E-state index in [9.17, 15) is 34.8 Å². The zero-order valence-corrected chi connectivity index (χ0v) is 18.6. The van der Waals surface area contributed by atoms with Gasteiger partial charge in [-0.3, -0.25) is 19.4 Å². The molecule has 0 aliphatic heterocycles. The van der Waals surface area contributed by atoms with Crippen LogP contribution in [0.2, 0.25) is 0 Å². The predicted octanol–water partition coefficient (Wildman–Crippen LogP) is 1.49. The number of ketones is 2. The summed E-state index contributed by atoms with van der Waals surface area (Å²) in [5.41, 5.74) is 3.52. The predicted molar refractivity (Wildman–Crippen MR) is 121 cm³/mol. The Labute approximate surface area is 199 Å². The maximum absolute atomic E-state index is 13.5. The standard InChI is InChI=1S/C25H22N2O8/c1-35-13-5-11(8-27-9-13)14-2-3-16(28)19-15(14)6-10-4-12-7-17(29)20(24(26)33)23(32)25(12,34)22(31)18(10)21(19)30/h2-3,5,8-10,12,28,30,32,34H,4,6-7H2,1H3,(H2,26,33). The molecule has 1 heterocycles. The Morgan fingerprint density at radius 3 is 2.60 bits per heavy atom. The highest BCUT2D eigenvalue weighted by Crippen LogP contribution is 2.53. The molecule has 3 aliphatic rings. The zero-order valence-electron chi connectivity index (χ0n) is 18.6. The minimum atomic E-state index is -2.58. The van der Waals surface area contributed by atoms with Crippen molar-refractivity contribution in [1.82, 2.24) is 4.98 Å². The quantitative estimate of drug-likeness (QED) is 0.408. The van der Waals surface area contributed by atoms with Crippen LogP contribution < -0.4 is 10.5 Å². The number of aromatic hydroxyl groups is 1. The number of methoxy groups -OCH3 is 1. The number of nitrogens with zero attached hydrogens (tertiary/aromatic N) is 1. The molecule has 0 bridgehead atoms. The topological polar surface area (TPSA) is 180 Å². The molecule has 35 heavy (non-hydrogen) atoms. The number of pyridine rings is 1. The number of rotatable bonds is 3. The Hall–Kier alpha value is -4.18. The first-order valence-corrected chi connectivity index (χ1v) is 10.9. The number of aliphatic hydroxyl groups is 3. The Kier molecular flexibility index (Phi) is 4.95. The number of benzene rings is 1. The molecule has 0 saturated heterocycles. The molecule has 1 aromatic heterocycles. The van der Waals surface area contributed by atoms with E-state index >= 15 is 0 Å². The van der Waals surface area contributed by atoms with Gasteiger partial charge in [-0.15, -0.1) is 0 Å². The molecule has 3 unspecified atom stereocenters. The summed E-state index contributed by atoms with van der Waals surface area (Å²) in [5, 5.41) is 43.7. The number of carbonyl (C=O) groups excluding carboxylic acids is 3. The summed E-state index contributed by atoms with van der Waals surface area (Å²) >= 11 is 0. The molecular weight excluding hydrogens is 456 g/mol. The van der Waals surface area contributed by atoms with Gasteiger partial charge in [-0.2, -0.15) is 0 Å². The Balaban J connectivity index is 1.70. The summed E-state index contributed by atoms with van der Waals surface area (Å²) in [7, 11) is 1.50. The molecule has 1 fully saturated rings. The molecule has 3 atom stereocenters. The van der Waals surface area contributed by atoms with Gasteiger partial charge in [0.15, 0.2) is 11.4 Å². The molecule has 10 heteroatoms. The SMILES string of the molecule is COc1cncc(-c2ccc(O)c3c2CC2CC4CC(=O)C(C(N)=O)=C(O)C4(O)C(=O)C2=C3O)c1. The van der Waals surface area contributed by atoms with E-state index in [-0.39, 0.29) is 36.1 Å². The van der Waals surface area contributed by atoms with Gasteiger partial charge in [-0.05, 0) is 42.0 Å². The number of fused-ring (bicyclic) bond motifs is 3. The number of aromatic nitrogens is 1. The molecule has 5 rings (SSSR count). The van der Waals surface area contributed by atoms with Crippen molar-refractivity contribution in [2.75, 3.05) is 7.11 Å². The van der Waals surface area contributed by atoms with Gasteiger partial charge in [0.05, 0.1) is 18.9 Å². The molecule has 2 aromatic rings. The van der Waals surface area contributed by atoms with Gasteiger partial charge >= 0.3 is 0 Å². The molecular formula is C25H22N2O8. The van der Waals surface area contributed by atoms with Crippen molar-refractivity contribution in [3.8, 4) is 22.6 Å². The summed E-state index contributed by atoms with van der Waals surface area (Å²) in [6, 6.07) is 4.79. The average molecular weight is 478 g/mol. The second-order valence-electron chi connectivity index (χ2n) is 9.01. The van der Waals surface area contributed by atoms with E-state index < -0.39 is 52.0 Å². The lowest BCUT2D eigenvalue weighted by Gasteiger charge is -2.46. The molecule has 3 aliphatic carbocycles. The summed E-state index contributed by atoms with van der Waals surface area (Å²) in [5.74, 6) is -6.08.